The molecule has 6 heteroatoms. The van der Waals surface area contributed by atoms with Crippen molar-refractivity contribution in [3.05, 3.63) is 109 Å². The van der Waals surface area contributed by atoms with E-state index in [9.17, 15) is 14.4 Å². The average molecular weight is 901 g/mol. The lowest BCUT2D eigenvalue weighted by Gasteiger charge is -2.18. The number of carbonyl (C=O) groups is 3. The summed E-state index contributed by atoms with van der Waals surface area (Å²) in [6, 6.07) is 0. The lowest BCUT2D eigenvalue weighted by atomic mass is 10.0. The van der Waals surface area contributed by atoms with Crippen LogP contribution in [0, 0.1) is 0 Å². The zero-order chi connectivity index (χ0) is 47.2. The van der Waals surface area contributed by atoms with Gasteiger partial charge in [0.1, 0.15) is 13.2 Å². The van der Waals surface area contributed by atoms with Crippen molar-refractivity contribution in [3.63, 3.8) is 0 Å². The predicted octanol–water partition coefficient (Wildman–Crippen LogP) is 17.5. The van der Waals surface area contributed by atoms with Crippen molar-refractivity contribution in [1.29, 1.82) is 0 Å². The highest BCUT2D eigenvalue weighted by molar-refractivity contribution is 5.71. The first-order valence-corrected chi connectivity index (χ1v) is 26.4. The van der Waals surface area contributed by atoms with Gasteiger partial charge in [-0.25, -0.2) is 0 Å². The fraction of sp³-hybridized carbons (Fsp3) is 0.644. The summed E-state index contributed by atoms with van der Waals surface area (Å²) in [5.74, 6) is -1.02. The van der Waals surface area contributed by atoms with Crippen molar-refractivity contribution in [2.24, 2.45) is 0 Å². The van der Waals surface area contributed by atoms with Gasteiger partial charge in [0.05, 0.1) is 0 Å². The molecule has 0 aliphatic heterocycles. The van der Waals surface area contributed by atoms with E-state index in [1.54, 1.807) is 0 Å². The summed E-state index contributed by atoms with van der Waals surface area (Å²) in [6.07, 6.45) is 70.8. The molecule has 368 valence electrons. The van der Waals surface area contributed by atoms with Crippen LogP contribution in [0.4, 0.5) is 0 Å². The standard InChI is InChI=1S/C59H96O6/c1-4-7-10-13-16-19-22-25-28-29-32-34-37-40-43-46-49-52-58(61)64-55-56(65-59(62)53-50-47-44-41-38-35-31-27-24-21-18-15-12-9-6-3)54-63-57(60)51-48-45-42-39-36-33-30-26-23-20-17-14-11-8-5-2/h7,9-10,12,16,18-19,21,25,27-28,31-32,34,38,40-41,43,56H,4-6,8,11,13-15,17,20,22-24,26,29-30,33,35-37,39,42,44-55H2,1-3H3/b10-7-,12-9-,19-16-,21-18-,28-25-,31-27-,34-32-,41-38-,43-40-. The lowest BCUT2D eigenvalue weighted by Crippen LogP contribution is -2.30. The second kappa shape index (κ2) is 52.7. The number of hydrogen-bond acceptors (Lipinski definition) is 6. The highest BCUT2D eigenvalue weighted by atomic mass is 16.6. The first-order valence-electron chi connectivity index (χ1n) is 26.4. The second-order valence-corrected chi connectivity index (χ2v) is 17.0. The summed E-state index contributed by atoms with van der Waals surface area (Å²) >= 11 is 0. The molecule has 0 radical (unpaired) electrons. The summed E-state index contributed by atoms with van der Waals surface area (Å²) in [7, 11) is 0. The van der Waals surface area contributed by atoms with Crippen molar-refractivity contribution in [1.82, 2.24) is 0 Å². The maximum absolute atomic E-state index is 12.8. The van der Waals surface area contributed by atoms with Gasteiger partial charge in [-0.2, -0.15) is 0 Å². The van der Waals surface area contributed by atoms with Gasteiger partial charge in [-0.1, -0.05) is 220 Å². The number of unbranched alkanes of at least 4 members (excludes halogenated alkanes) is 17. The number of hydrogen-bond donors (Lipinski definition) is 0. The van der Waals surface area contributed by atoms with E-state index in [2.05, 4.69) is 130 Å². The minimum atomic E-state index is -0.822. The Kier molecular flexibility index (Phi) is 49.5. The summed E-state index contributed by atoms with van der Waals surface area (Å²) < 4.78 is 16.7. The van der Waals surface area contributed by atoms with Crippen LogP contribution in [-0.4, -0.2) is 37.2 Å². The van der Waals surface area contributed by atoms with E-state index in [0.717, 1.165) is 96.3 Å². The van der Waals surface area contributed by atoms with Gasteiger partial charge in [0, 0.05) is 19.3 Å². The Balaban J connectivity index is 4.54. The Hall–Kier alpha value is -3.93. The van der Waals surface area contributed by atoms with Crippen molar-refractivity contribution < 1.29 is 28.6 Å². The molecule has 0 aromatic carbocycles. The largest absolute Gasteiger partial charge is 0.462 e. The molecule has 0 aliphatic carbocycles. The quantitative estimate of drug-likeness (QED) is 0.0262. The molecule has 0 aromatic heterocycles. The van der Waals surface area contributed by atoms with Gasteiger partial charge in [-0.05, 0) is 96.3 Å². The van der Waals surface area contributed by atoms with E-state index in [1.165, 1.54) is 77.0 Å². The predicted molar refractivity (Wildman–Crippen MR) is 279 cm³/mol. The third-order valence-electron chi connectivity index (χ3n) is 10.8. The number of ether oxygens (including phenoxy) is 3. The van der Waals surface area contributed by atoms with E-state index < -0.39 is 6.10 Å². The first kappa shape index (κ1) is 61.1. The minimum absolute atomic E-state index is 0.113. The fourth-order valence-electron chi connectivity index (χ4n) is 6.88. The fourth-order valence-corrected chi connectivity index (χ4v) is 6.88. The van der Waals surface area contributed by atoms with Gasteiger partial charge in [0.25, 0.3) is 0 Å². The van der Waals surface area contributed by atoms with Crippen LogP contribution in [0.3, 0.4) is 0 Å². The minimum Gasteiger partial charge on any atom is -0.462 e. The van der Waals surface area contributed by atoms with Crippen molar-refractivity contribution >= 4 is 17.9 Å². The maximum atomic E-state index is 12.8. The molecule has 0 fully saturated rings. The van der Waals surface area contributed by atoms with Crippen LogP contribution in [0.15, 0.2) is 109 Å². The third kappa shape index (κ3) is 50.9. The van der Waals surface area contributed by atoms with Crippen molar-refractivity contribution in [3.8, 4) is 0 Å². The molecule has 0 aliphatic rings. The van der Waals surface area contributed by atoms with Gasteiger partial charge in [0.15, 0.2) is 6.10 Å². The van der Waals surface area contributed by atoms with E-state index in [-0.39, 0.29) is 44.0 Å². The molecule has 0 amide bonds. The molecule has 6 nitrogen and oxygen atoms in total. The maximum Gasteiger partial charge on any atom is 0.306 e. The normalized spacial score (nSPS) is 13.0. The molecule has 1 unspecified atom stereocenters. The summed E-state index contributed by atoms with van der Waals surface area (Å²) in [5, 5.41) is 0. The molecule has 0 saturated heterocycles. The van der Waals surface area contributed by atoms with Gasteiger partial charge < -0.3 is 14.2 Å². The molecular formula is C59H96O6. The van der Waals surface area contributed by atoms with Gasteiger partial charge in [-0.15, -0.1) is 0 Å². The molecule has 0 bridgehead atoms. The van der Waals surface area contributed by atoms with Crippen LogP contribution in [-0.2, 0) is 28.6 Å². The first-order chi connectivity index (χ1) is 32.0. The van der Waals surface area contributed by atoms with E-state index in [1.807, 2.05) is 0 Å². The number of allylic oxidation sites excluding steroid dienone is 18. The Morgan fingerprint density at radius 3 is 1.00 bits per heavy atom. The van der Waals surface area contributed by atoms with Crippen molar-refractivity contribution in [2.45, 2.75) is 232 Å². The molecule has 0 rings (SSSR count). The van der Waals surface area contributed by atoms with Crippen LogP contribution >= 0.6 is 0 Å². The van der Waals surface area contributed by atoms with E-state index in [0.29, 0.717) is 19.3 Å². The SMILES string of the molecule is CC/C=C\C/C=C\C/C=C\C/C=C\C/C=C\CCCC(=O)OCC(COC(=O)CCCCCCCCCCCCCCCCC)OC(=O)CCCC/C=C\C/C=C\C/C=C\C/C=C\CC. The van der Waals surface area contributed by atoms with Crippen LogP contribution in [0.5, 0.6) is 0 Å². The Morgan fingerprint density at radius 1 is 0.323 bits per heavy atom. The molecule has 0 aromatic rings. The van der Waals surface area contributed by atoms with Crippen LogP contribution in [0.1, 0.15) is 226 Å². The van der Waals surface area contributed by atoms with Crippen LogP contribution < -0.4 is 0 Å². The molecule has 0 N–H and O–H groups in total. The Morgan fingerprint density at radius 2 is 0.615 bits per heavy atom. The second-order valence-electron chi connectivity index (χ2n) is 17.0. The third-order valence-corrected chi connectivity index (χ3v) is 10.8. The monoisotopic (exact) mass is 901 g/mol. The van der Waals surface area contributed by atoms with E-state index in [4.69, 9.17) is 14.2 Å². The molecule has 0 saturated carbocycles. The zero-order valence-corrected chi connectivity index (χ0v) is 42.0. The molecular weight excluding hydrogens is 805 g/mol. The van der Waals surface area contributed by atoms with Crippen LogP contribution in [0.2, 0.25) is 0 Å². The lowest BCUT2D eigenvalue weighted by molar-refractivity contribution is -0.167. The summed E-state index contributed by atoms with van der Waals surface area (Å²) in [6.45, 7) is 6.32. The average Bonchev–Trinajstić information content (AvgIpc) is 3.30. The summed E-state index contributed by atoms with van der Waals surface area (Å²) in [5.41, 5.74) is 0. The smallest absolute Gasteiger partial charge is 0.306 e. The summed E-state index contributed by atoms with van der Waals surface area (Å²) in [4.78, 5) is 38.0. The highest BCUT2D eigenvalue weighted by Gasteiger charge is 2.19. The van der Waals surface area contributed by atoms with Crippen molar-refractivity contribution in [2.75, 3.05) is 13.2 Å². The molecule has 65 heavy (non-hydrogen) atoms. The highest BCUT2D eigenvalue weighted by Crippen LogP contribution is 2.14. The Labute approximate surface area is 400 Å². The molecule has 0 spiro atoms. The molecule has 0 heterocycles. The Bertz CT molecular complexity index is 1360. The van der Waals surface area contributed by atoms with Crippen LogP contribution in [0.25, 0.3) is 0 Å². The van der Waals surface area contributed by atoms with Gasteiger partial charge >= 0.3 is 17.9 Å². The van der Waals surface area contributed by atoms with Gasteiger partial charge in [-0.3, -0.25) is 14.4 Å². The number of rotatable bonds is 46. The van der Waals surface area contributed by atoms with E-state index >= 15 is 0 Å². The molecule has 1 atom stereocenters. The topological polar surface area (TPSA) is 78.9 Å². The zero-order valence-electron chi connectivity index (χ0n) is 42.0. The number of carbonyl (C=O) groups excluding carboxylic acids is 3. The van der Waals surface area contributed by atoms with Gasteiger partial charge in [0.2, 0.25) is 0 Å². The number of esters is 3.